The molecular weight excluding hydrogens is 275 g/mol. The van der Waals surface area contributed by atoms with E-state index in [1.54, 1.807) is 0 Å². The maximum absolute atomic E-state index is 12.2. The fourth-order valence-corrected chi connectivity index (χ4v) is 1.81. The van der Waals surface area contributed by atoms with Gasteiger partial charge < -0.3 is 4.74 Å². The van der Waals surface area contributed by atoms with Crippen LogP contribution in [-0.4, -0.2) is 29.8 Å². The third kappa shape index (κ3) is 5.61. The van der Waals surface area contributed by atoms with Crippen LogP contribution in [0.2, 0.25) is 0 Å². The number of halogens is 4. The first kappa shape index (κ1) is 14.6. The van der Waals surface area contributed by atoms with Crippen molar-refractivity contribution >= 4 is 23.4 Å². The molecule has 0 N–H and O–H groups in total. The van der Waals surface area contributed by atoms with Crippen molar-refractivity contribution in [2.24, 2.45) is 0 Å². The zero-order valence-corrected chi connectivity index (χ0v) is 10.4. The van der Waals surface area contributed by atoms with Gasteiger partial charge in [-0.2, -0.15) is 13.2 Å². The molecule has 0 amide bonds. The minimum atomic E-state index is -4.33. The van der Waals surface area contributed by atoms with Crippen molar-refractivity contribution in [3.63, 3.8) is 0 Å². The molecule has 0 saturated carbocycles. The van der Waals surface area contributed by atoms with E-state index in [0.717, 1.165) is 12.3 Å². The number of alkyl halides is 4. The second-order valence-corrected chi connectivity index (χ2v) is 4.53. The van der Waals surface area contributed by atoms with Gasteiger partial charge in [0.05, 0.1) is 23.8 Å². The number of ether oxygens (including phenoxy) is 1. The Morgan fingerprint density at radius 3 is 2.59 bits per heavy atom. The minimum absolute atomic E-state index is 0.434. The Morgan fingerprint density at radius 1 is 1.29 bits per heavy atom. The molecule has 0 spiro atoms. The van der Waals surface area contributed by atoms with Crippen LogP contribution in [0.15, 0.2) is 23.4 Å². The number of thioether (sulfide) groups is 1. The number of hydrogen-bond acceptors (Lipinski definition) is 3. The zero-order chi connectivity index (χ0) is 12.7. The van der Waals surface area contributed by atoms with Gasteiger partial charge in [-0.05, 0) is 12.1 Å². The molecule has 0 unspecified atom stereocenters. The molecule has 1 aromatic rings. The Kier molecular flexibility index (Phi) is 6.08. The predicted molar refractivity (Wildman–Crippen MR) is 61.5 cm³/mol. The minimum Gasteiger partial charge on any atom is -0.379 e. The van der Waals surface area contributed by atoms with Crippen LogP contribution >= 0.6 is 23.4 Å². The van der Waals surface area contributed by atoms with Crippen molar-refractivity contribution in [2.45, 2.75) is 11.2 Å². The SMILES string of the molecule is FC(F)(F)c1ccc(SCCOCCCl)nc1. The first-order chi connectivity index (χ1) is 8.04. The Labute approximate surface area is 107 Å². The summed E-state index contributed by atoms with van der Waals surface area (Å²) in [7, 11) is 0. The lowest BCUT2D eigenvalue weighted by atomic mass is 10.3. The van der Waals surface area contributed by atoms with Crippen molar-refractivity contribution in [1.29, 1.82) is 0 Å². The van der Waals surface area contributed by atoms with E-state index < -0.39 is 11.7 Å². The molecular formula is C10H11ClF3NOS. The fraction of sp³-hybridized carbons (Fsp3) is 0.500. The Morgan fingerprint density at radius 2 is 2.06 bits per heavy atom. The molecule has 1 heterocycles. The summed E-state index contributed by atoms with van der Waals surface area (Å²) in [6, 6.07) is 2.38. The molecule has 96 valence electrons. The van der Waals surface area contributed by atoms with Gasteiger partial charge in [0.1, 0.15) is 0 Å². The van der Waals surface area contributed by atoms with Gasteiger partial charge in [-0.15, -0.1) is 23.4 Å². The molecule has 2 nitrogen and oxygen atoms in total. The number of pyridine rings is 1. The van der Waals surface area contributed by atoms with E-state index in [4.69, 9.17) is 16.3 Å². The lowest BCUT2D eigenvalue weighted by molar-refractivity contribution is -0.137. The van der Waals surface area contributed by atoms with Gasteiger partial charge in [0.2, 0.25) is 0 Å². The number of aromatic nitrogens is 1. The Bertz CT molecular complexity index is 331. The van der Waals surface area contributed by atoms with Gasteiger partial charge in [-0.3, -0.25) is 0 Å². The smallest absolute Gasteiger partial charge is 0.379 e. The maximum atomic E-state index is 12.2. The second kappa shape index (κ2) is 7.08. The summed E-state index contributed by atoms with van der Waals surface area (Å²) in [5.74, 6) is 1.07. The van der Waals surface area contributed by atoms with Crippen molar-refractivity contribution in [3.05, 3.63) is 23.9 Å². The van der Waals surface area contributed by atoms with Crippen LogP contribution in [0.3, 0.4) is 0 Å². The van der Waals surface area contributed by atoms with Crippen molar-refractivity contribution in [2.75, 3.05) is 24.8 Å². The number of nitrogens with zero attached hydrogens (tertiary/aromatic N) is 1. The summed E-state index contributed by atoms with van der Waals surface area (Å²) in [5, 5.41) is 0.549. The van der Waals surface area contributed by atoms with E-state index in [1.165, 1.54) is 17.8 Å². The van der Waals surface area contributed by atoms with Gasteiger partial charge in [0.15, 0.2) is 0 Å². The summed E-state index contributed by atoms with van der Waals surface area (Å²) in [5.41, 5.74) is -0.736. The highest BCUT2D eigenvalue weighted by molar-refractivity contribution is 7.99. The summed E-state index contributed by atoms with van der Waals surface area (Å²) < 4.78 is 41.8. The lowest BCUT2D eigenvalue weighted by Gasteiger charge is -2.06. The molecule has 0 aliphatic heterocycles. The van der Waals surface area contributed by atoms with Crippen LogP contribution in [0, 0.1) is 0 Å². The monoisotopic (exact) mass is 285 g/mol. The standard InChI is InChI=1S/C10H11ClF3NOS/c11-3-4-16-5-6-17-9-2-1-8(7-15-9)10(12,13)14/h1-2,7H,3-6H2. The van der Waals surface area contributed by atoms with Gasteiger partial charge in [-0.25, -0.2) is 4.98 Å². The highest BCUT2D eigenvalue weighted by atomic mass is 35.5. The largest absolute Gasteiger partial charge is 0.417 e. The molecule has 0 aliphatic carbocycles. The normalized spacial score (nSPS) is 11.8. The van der Waals surface area contributed by atoms with Gasteiger partial charge in [-0.1, -0.05) is 0 Å². The van der Waals surface area contributed by atoms with E-state index in [-0.39, 0.29) is 0 Å². The zero-order valence-electron chi connectivity index (χ0n) is 8.84. The summed E-state index contributed by atoms with van der Waals surface area (Å²) in [4.78, 5) is 3.72. The predicted octanol–water partition coefficient (Wildman–Crippen LogP) is 3.45. The summed E-state index contributed by atoms with van der Waals surface area (Å²) in [6.07, 6.45) is -3.50. The Hall–Kier alpha value is -0.460. The molecule has 7 heteroatoms. The van der Waals surface area contributed by atoms with E-state index in [2.05, 4.69) is 4.98 Å². The maximum Gasteiger partial charge on any atom is 0.417 e. The van der Waals surface area contributed by atoms with Crippen LogP contribution in [-0.2, 0) is 10.9 Å². The topological polar surface area (TPSA) is 22.1 Å². The highest BCUT2D eigenvalue weighted by Gasteiger charge is 2.30. The molecule has 0 aliphatic rings. The fourth-order valence-electron chi connectivity index (χ4n) is 0.995. The molecule has 0 bridgehead atoms. The lowest BCUT2D eigenvalue weighted by Crippen LogP contribution is -2.05. The molecule has 0 fully saturated rings. The van der Waals surface area contributed by atoms with E-state index >= 15 is 0 Å². The molecule has 0 atom stereocenters. The molecule has 17 heavy (non-hydrogen) atoms. The average Bonchev–Trinajstić information content (AvgIpc) is 2.28. The quantitative estimate of drug-likeness (QED) is 0.454. The summed E-state index contributed by atoms with van der Waals surface area (Å²) >= 11 is 6.75. The Balaban J connectivity index is 2.36. The van der Waals surface area contributed by atoms with Crippen LogP contribution in [0.25, 0.3) is 0 Å². The van der Waals surface area contributed by atoms with Crippen molar-refractivity contribution < 1.29 is 17.9 Å². The van der Waals surface area contributed by atoms with Crippen LogP contribution in [0.5, 0.6) is 0 Å². The van der Waals surface area contributed by atoms with E-state index in [0.29, 0.717) is 29.9 Å². The molecule has 1 rings (SSSR count). The molecule has 0 aromatic carbocycles. The van der Waals surface area contributed by atoms with Crippen LogP contribution in [0.1, 0.15) is 5.56 Å². The first-order valence-electron chi connectivity index (χ1n) is 4.84. The van der Waals surface area contributed by atoms with Crippen LogP contribution in [0.4, 0.5) is 13.2 Å². The second-order valence-electron chi connectivity index (χ2n) is 3.03. The molecule has 0 saturated heterocycles. The van der Waals surface area contributed by atoms with Crippen molar-refractivity contribution in [1.82, 2.24) is 4.98 Å². The van der Waals surface area contributed by atoms with E-state index in [1.807, 2.05) is 0 Å². The summed E-state index contributed by atoms with van der Waals surface area (Å²) in [6.45, 7) is 0.975. The van der Waals surface area contributed by atoms with E-state index in [9.17, 15) is 13.2 Å². The van der Waals surface area contributed by atoms with Gasteiger partial charge in [0.25, 0.3) is 0 Å². The number of rotatable bonds is 6. The van der Waals surface area contributed by atoms with Crippen molar-refractivity contribution in [3.8, 4) is 0 Å². The van der Waals surface area contributed by atoms with Gasteiger partial charge in [0, 0.05) is 17.8 Å². The molecule has 1 aromatic heterocycles. The third-order valence-electron chi connectivity index (χ3n) is 1.76. The highest BCUT2D eigenvalue weighted by Crippen LogP contribution is 2.29. The molecule has 0 radical (unpaired) electrons. The third-order valence-corrected chi connectivity index (χ3v) is 2.83. The van der Waals surface area contributed by atoms with Crippen LogP contribution < -0.4 is 0 Å². The number of hydrogen-bond donors (Lipinski definition) is 0. The average molecular weight is 286 g/mol. The first-order valence-corrected chi connectivity index (χ1v) is 6.36. The van der Waals surface area contributed by atoms with Gasteiger partial charge >= 0.3 is 6.18 Å².